The van der Waals surface area contributed by atoms with Crippen LogP contribution in [0.4, 0.5) is 0 Å². The molecule has 0 radical (unpaired) electrons. The van der Waals surface area contributed by atoms with E-state index < -0.39 is 0 Å². The molecular weight excluding hydrogens is 200 g/mol. The second-order valence-electron chi connectivity index (χ2n) is 5.04. The lowest BCUT2D eigenvalue weighted by molar-refractivity contribution is 0.298. The smallest absolute Gasteiger partial charge is 0.0535 e. The van der Waals surface area contributed by atoms with Crippen molar-refractivity contribution in [3.05, 3.63) is 17.5 Å². The minimum atomic E-state index is 0.691. The quantitative estimate of drug-likeness (QED) is 0.800. The van der Waals surface area contributed by atoms with Crippen molar-refractivity contribution in [1.82, 2.24) is 20.4 Å². The molecule has 2 atom stereocenters. The predicted molar refractivity (Wildman–Crippen MR) is 63.2 cm³/mol. The number of hydrogen-bond acceptors (Lipinski definition) is 3. The van der Waals surface area contributed by atoms with Gasteiger partial charge in [-0.15, -0.1) is 0 Å². The van der Waals surface area contributed by atoms with Crippen molar-refractivity contribution < 1.29 is 0 Å². The Labute approximate surface area is 96.4 Å². The van der Waals surface area contributed by atoms with Crippen molar-refractivity contribution in [2.45, 2.75) is 44.8 Å². The van der Waals surface area contributed by atoms with Crippen molar-refractivity contribution in [3.8, 4) is 0 Å². The Balaban J connectivity index is 1.58. The molecule has 1 aromatic heterocycles. The van der Waals surface area contributed by atoms with Crippen LogP contribution in [0.15, 0.2) is 6.20 Å². The summed E-state index contributed by atoms with van der Waals surface area (Å²) in [7, 11) is 0. The van der Waals surface area contributed by atoms with E-state index in [2.05, 4.69) is 27.3 Å². The molecule has 2 fully saturated rings. The van der Waals surface area contributed by atoms with Crippen LogP contribution in [-0.4, -0.2) is 40.3 Å². The lowest BCUT2D eigenvalue weighted by Crippen LogP contribution is -2.38. The maximum Gasteiger partial charge on any atom is 0.0535 e. The van der Waals surface area contributed by atoms with E-state index in [1.165, 1.54) is 43.6 Å². The number of aromatic amines is 1. The third-order valence-electron chi connectivity index (χ3n) is 4.10. The molecule has 1 aromatic rings. The molecule has 4 nitrogen and oxygen atoms in total. The summed E-state index contributed by atoms with van der Waals surface area (Å²) in [6, 6.07) is 1.49. The first-order chi connectivity index (χ1) is 7.84. The van der Waals surface area contributed by atoms with Crippen LogP contribution < -0.4 is 5.32 Å². The first-order valence-corrected chi connectivity index (χ1v) is 6.31. The summed E-state index contributed by atoms with van der Waals surface area (Å²) in [6.07, 6.45) is 6.00. The molecule has 2 unspecified atom stereocenters. The van der Waals surface area contributed by atoms with Gasteiger partial charge in [0.25, 0.3) is 0 Å². The van der Waals surface area contributed by atoms with E-state index in [0.29, 0.717) is 6.04 Å². The standard InChI is InChI=1S/C12H20N4/c1-9-10(8-14-15-9)7-13-11-4-6-16-5-2-3-12(11)16/h8,11-13H,2-7H2,1H3,(H,14,15). The van der Waals surface area contributed by atoms with Crippen LogP contribution in [0.2, 0.25) is 0 Å². The lowest BCUT2D eigenvalue weighted by Gasteiger charge is -2.21. The molecule has 3 heterocycles. The molecule has 2 N–H and O–H groups in total. The van der Waals surface area contributed by atoms with E-state index in [-0.39, 0.29) is 0 Å². The van der Waals surface area contributed by atoms with E-state index >= 15 is 0 Å². The van der Waals surface area contributed by atoms with Crippen molar-refractivity contribution in [2.24, 2.45) is 0 Å². The van der Waals surface area contributed by atoms with Crippen molar-refractivity contribution in [2.75, 3.05) is 13.1 Å². The zero-order valence-electron chi connectivity index (χ0n) is 9.87. The average Bonchev–Trinajstić information content (AvgIpc) is 2.92. The van der Waals surface area contributed by atoms with Gasteiger partial charge in [0, 0.05) is 36.4 Å². The van der Waals surface area contributed by atoms with Crippen molar-refractivity contribution in [3.63, 3.8) is 0 Å². The predicted octanol–water partition coefficient (Wildman–Crippen LogP) is 1.04. The Morgan fingerprint density at radius 3 is 3.25 bits per heavy atom. The number of H-pyrrole nitrogens is 1. The Bertz CT molecular complexity index is 360. The van der Waals surface area contributed by atoms with Crippen molar-refractivity contribution in [1.29, 1.82) is 0 Å². The van der Waals surface area contributed by atoms with E-state index in [1.807, 2.05) is 6.20 Å². The number of nitrogens with one attached hydrogen (secondary N) is 2. The van der Waals surface area contributed by atoms with Crippen LogP contribution in [0, 0.1) is 6.92 Å². The van der Waals surface area contributed by atoms with Gasteiger partial charge in [0.2, 0.25) is 0 Å². The van der Waals surface area contributed by atoms with Crippen LogP contribution in [0.5, 0.6) is 0 Å². The maximum absolute atomic E-state index is 4.06. The summed E-state index contributed by atoms with van der Waals surface area (Å²) < 4.78 is 0. The first kappa shape index (κ1) is 10.3. The minimum absolute atomic E-state index is 0.691. The van der Waals surface area contributed by atoms with E-state index in [1.54, 1.807) is 0 Å². The van der Waals surface area contributed by atoms with Crippen molar-refractivity contribution >= 4 is 0 Å². The highest BCUT2D eigenvalue weighted by Gasteiger charge is 2.36. The molecule has 4 heteroatoms. The highest BCUT2D eigenvalue weighted by molar-refractivity contribution is 5.14. The van der Waals surface area contributed by atoms with Gasteiger partial charge < -0.3 is 5.32 Å². The number of nitrogens with zero attached hydrogens (tertiary/aromatic N) is 2. The number of rotatable bonds is 3. The summed E-state index contributed by atoms with van der Waals surface area (Å²) in [4.78, 5) is 2.64. The van der Waals surface area contributed by atoms with Crippen LogP contribution in [0.1, 0.15) is 30.5 Å². The normalized spacial score (nSPS) is 29.8. The van der Waals surface area contributed by atoms with E-state index in [9.17, 15) is 0 Å². The summed E-state index contributed by atoms with van der Waals surface area (Å²) in [6.45, 7) is 5.64. The van der Waals surface area contributed by atoms with Gasteiger partial charge in [-0.05, 0) is 32.7 Å². The van der Waals surface area contributed by atoms with E-state index in [0.717, 1.165) is 12.6 Å². The molecule has 16 heavy (non-hydrogen) atoms. The molecule has 2 saturated heterocycles. The zero-order valence-corrected chi connectivity index (χ0v) is 9.87. The summed E-state index contributed by atoms with van der Waals surface area (Å²) in [5.41, 5.74) is 2.49. The highest BCUT2D eigenvalue weighted by atomic mass is 15.2. The topological polar surface area (TPSA) is 44.0 Å². The van der Waals surface area contributed by atoms with Crippen LogP contribution in [-0.2, 0) is 6.54 Å². The molecule has 3 rings (SSSR count). The van der Waals surface area contributed by atoms with Gasteiger partial charge in [-0.3, -0.25) is 10.00 Å². The fourth-order valence-corrected chi connectivity index (χ4v) is 3.12. The largest absolute Gasteiger partial charge is 0.308 e. The van der Waals surface area contributed by atoms with E-state index in [4.69, 9.17) is 0 Å². The summed E-state index contributed by atoms with van der Waals surface area (Å²) in [5.74, 6) is 0. The highest BCUT2D eigenvalue weighted by Crippen LogP contribution is 2.28. The third-order valence-corrected chi connectivity index (χ3v) is 4.10. The Hall–Kier alpha value is -0.870. The monoisotopic (exact) mass is 220 g/mol. The second kappa shape index (κ2) is 4.18. The third kappa shape index (κ3) is 1.76. The Morgan fingerprint density at radius 1 is 1.50 bits per heavy atom. The molecule has 0 spiro atoms. The van der Waals surface area contributed by atoms with Gasteiger partial charge in [-0.2, -0.15) is 5.10 Å². The molecule has 0 aliphatic carbocycles. The fraction of sp³-hybridized carbons (Fsp3) is 0.750. The zero-order chi connectivity index (χ0) is 11.0. The maximum atomic E-state index is 4.06. The molecule has 0 bridgehead atoms. The minimum Gasteiger partial charge on any atom is -0.308 e. The van der Waals surface area contributed by atoms with Crippen LogP contribution in [0.25, 0.3) is 0 Å². The van der Waals surface area contributed by atoms with Crippen LogP contribution in [0.3, 0.4) is 0 Å². The SMILES string of the molecule is Cc1[nH]ncc1CNC1CCN2CCCC12. The molecule has 0 aromatic carbocycles. The molecule has 88 valence electrons. The number of aryl methyl sites for hydroxylation is 1. The number of aromatic nitrogens is 2. The van der Waals surface area contributed by atoms with Gasteiger partial charge in [0.15, 0.2) is 0 Å². The Morgan fingerprint density at radius 2 is 2.44 bits per heavy atom. The molecule has 0 saturated carbocycles. The van der Waals surface area contributed by atoms with Gasteiger partial charge in [0.05, 0.1) is 6.20 Å². The molecular formula is C12H20N4. The van der Waals surface area contributed by atoms with Gasteiger partial charge in [0.1, 0.15) is 0 Å². The van der Waals surface area contributed by atoms with Gasteiger partial charge in [-0.25, -0.2) is 0 Å². The lowest BCUT2D eigenvalue weighted by atomic mass is 10.1. The molecule has 0 amide bonds. The number of hydrogen-bond donors (Lipinski definition) is 2. The van der Waals surface area contributed by atoms with Crippen LogP contribution >= 0.6 is 0 Å². The molecule has 2 aliphatic rings. The van der Waals surface area contributed by atoms with Gasteiger partial charge in [-0.1, -0.05) is 0 Å². The fourth-order valence-electron chi connectivity index (χ4n) is 3.12. The first-order valence-electron chi connectivity index (χ1n) is 6.31. The average molecular weight is 220 g/mol. The Kier molecular flexibility index (Phi) is 2.69. The molecule has 2 aliphatic heterocycles. The summed E-state index contributed by atoms with van der Waals surface area (Å²) >= 11 is 0. The summed E-state index contributed by atoms with van der Waals surface area (Å²) in [5, 5.41) is 10.7. The number of fused-ring (bicyclic) bond motifs is 1. The van der Waals surface area contributed by atoms with Gasteiger partial charge >= 0.3 is 0 Å². The second-order valence-corrected chi connectivity index (χ2v) is 5.04.